The van der Waals surface area contributed by atoms with Gasteiger partial charge in [-0.15, -0.1) is 0 Å². The predicted octanol–water partition coefficient (Wildman–Crippen LogP) is 2.67. The molecule has 0 bridgehead atoms. The minimum Gasteiger partial charge on any atom is -0.493 e. The van der Waals surface area contributed by atoms with Gasteiger partial charge in [-0.05, 0) is 25.3 Å². The number of carbonyl (C=O) groups excluding carboxylic acids is 2. The number of hydrogen-bond acceptors (Lipinski definition) is 6. The van der Waals surface area contributed by atoms with Crippen LogP contribution in [0.15, 0.2) is 22.7 Å². The lowest BCUT2D eigenvalue weighted by atomic mass is 9.88. The second kappa shape index (κ2) is 6.18. The Morgan fingerprint density at radius 1 is 1.26 bits per heavy atom. The first-order chi connectivity index (χ1) is 13.1. The van der Waals surface area contributed by atoms with Crippen LogP contribution >= 0.6 is 0 Å². The first kappa shape index (κ1) is 16.5. The Balaban J connectivity index is 1.30. The van der Waals surface area contributed by atoms with Gasteiger partial charge in [0.2, 0.25) is 17.6 Å². The van der Waals surface area contributed by atoms with Gasteiger partial charge in [0.05, 0.1) is 12.6 Å². The SMILES string of the molecule is CC(=O)N1CC[C@H]1C(=O)C[C@@H]1COc2cc(-c3noc(C4CC4)n3)ccc21. The zero-order valence-corrected chi connectivity index (χ0v) is 15.2. The van der Waals surface area contributed by atoms with Crippen LogP contribution in [0.2, 0.25) is 0 Å². The molecule has 3 heterocycles. The fourth-order valence-corrected chi connectivity index (χ4v) is 3.91. The Kier molecular flexibility index (Phi) is 3.77. The molecule has 5 rings (SSSR count). The van der Waals surface area contributed by atoms with Crippen LogP contribution in [0.5, 0.6) is 5.75 Å². The third-order valence-electron chi connectivity index (χ3n) is 5.76. The molecule has 3 aliphatic rings. The smallest absolute Gasteiger partial charge is 0.230 e. The van der Waals surface area contributed by atoms with Crippen molar-refractivity contribution in [2.75, 3.05) is 13.2 Å². The van der Waals surface area contributed by atoms with E-state index in [2.05, 4.69) is 10.1 Å². The molecule has 1 saturated heterocycles. The molecular formula is C20H21N3O4. The van der Waals surface area contributed by atoms with Crippen LogP contribution in [0.4, 0.5) is 0 Å². The summed E-state index contributed by atoms with van der Waals surface area (Å²) >= 11 is 0. The van der Waals surface area contributed by atoms with Gasteiger partial charge in [-0.2, -0.15) is 4.98 Å². The van der Waals surface area contributed by atoms with Crippen molar-refractivity contribution in [3.8, 4) is 17.1 Å². The van der Waals surface area contributed by atoms with Gasteiger partial charge in [-0.3, -0.25) is 9.59 Å². The number of rotatable bonds is 5. The number of fused-ring (bicyclic) bond motifs is 1. The zero-order chi connectivity index (χ0) is 18.5. The molecule has 2 fully saturated rings. The summed E-state index contributed by atoms with van der Waals surface area (Å²) in [6.07, 6.45) is 3.40. The van der Waals surface area contributed by atoms with Crippen molar-refractivity contribution < 1.29 is 18.8 Å². The molecule has 1 aromatic carbocycles. The van der Waals surface area contributed by atoms with Gasteiger partial charge in [0.25, 0.3) is 0 Å². The maximum absolute atomic E-state index is 12.6. The summed E-state index contributed by atoms with van der Waals surface area (Å²) < 4.78 is 11.2. The van der Waals surface area contributed by atoms with Crippen molar-refractivity contribution in [2.45, 2.75) is 50.5 Å². The summed E-state index contributed by atoms with van der Waals surface area (Å²) in [5, 5.41) is 4.07. The van der Waals surface area contributed by atoms with Gasteiger partial charge >= 0.3 is 0 Å². The quantitative estimate of drug-likeness (QED) is 0.808. The molecule has 27 heavy (non-hydrogen) atoms. The summed E-state index contributed by atoms with van der Waals surface area (Å²) in [6.45, 7) is 2.68. The normalized spacial score (nSPS) is 23.5. The van der Waals surface area contributed by atoms with Crippen molar-refractivity contribution in [3.63, 3.8) is 0 Å². The van der Waals surface area contributed by atoms with Crippen LogP contribution in [-0.4, -0.2) is 45.9 Å². The van der Waals surface area contributed by atoms with E-state index in [1.807, 2.05) is 18.2 Å². The first-order valence-corrected chi connectivity index (χ1v) is 9.51. The van der Waals surface area contributed by atoms with E-state index in [0.717, 1.165) is 36.1 Å². The van der Waals surface area contributed by atoms with Crippen molar-refractivity contribution in [3.05, 3.63) is 29.7 Å². The van der Waals surface area contributed by atoms with Gasteiger partial charge < -0.3 is 14.2 Å². The molecule has 0 radical (unpaired) electrons. The maximum Gasteiger partial charge on any atom is 0.230 e. The Labute approximate surface area is 156 Å². The second-order valence-electron chi connectivity index (χ2n) is 7.68. The highest BCUT2D eigenvalue weighted by Crippen LogP contribution is 2.41. The van der Waals surface area contributed by atoms with Gasteiger partial charge in [0.15, 0.2) is 5.78 Å². The monoisotopic (exact) mass is 367 g/mol. The lowest BCUT2D eigenvalue weighted by Crippen LogP contribution is -2.54. The van der Waals surface area contributed by atoms with Crippen molar-refractivity contribution >= 4 is 11.7 Å². The van der Waals surface area contributed by atoms with Crippen LogP contribution in [0.3, 0.4) is 0 Å². The molecule has 140 valence electrons. The van der Waals surface area contributed by atoms with Crippen LogP contribution in [-0.2, 0) is 9.59 Å². The van der Waals surface area contributed by atoms with Crippen LogP contribution in [0.25, 0.3) is 11.4 Å². The lowest BCUT2D eigenvalue weighted by molar-refractivity contribution is -0.144. The third kappa shape index (κ3) is 2.91. The summed E-state index contributed by atoms with van der Waals surface area (Å²) in [5.74, 6) is 2.61. The number of carbonyl (C=O) groups is 2. The minimum atomic E-state index is -0.258. The Morgan fingerprint density at radius 2 is 2.11 bits per heavy atom. The number of amides is 1. The summed E-state index contributed by atoms with van der Waals surface area (Å²) in [5.41, 5.74) is 1.89. The average Bonchev–Trinajstić information content (AvgIpc) is 3.20. The summed E-state index contributed by atoms with van der Waals surface area (Å²) in [4.78, 5) is 30.2. The van der Waals surface area contributed by atoms with Crippen LogP contribution in [0.1, 0.15) is 55.9 Å². The molecule has 2 aromatic rings. The predicted molar refractivity (Wildman–Crippen MR) is 95.4 cm³/mol. The molecule has 1 amide bonds. The van der Waals surface area contributed by atoms with E-state index >= 15 is 0 Å². The van der Waals surface area contributed by atoms with Crippen molar-refractivity contribution in [2.24, 2.45) is 0 Å². The number of benzene rings is 1. The van der Waals surface area contributed by atoms with Gasteiger partial charge in [-0.1, -0.05) is 17.3 Å². The van der Waals surface area contributed by atoms with E-state index in [-0.39, 0.29) is 23.7 Å². The third-order valence-corrected chi connectivity index (χ3v) is 5.76. The zero-order valence-electron chi connectivity index (χ0n) is 15.2. The van der Waals surface area contributed by atoms with Crippen LogP contribution < -0.4 is 4.74 Å². The maximum atomic E-state index is 12.6. The number of ether oxygens (including phenoxy) is 1. The molecule has 1 aliphatic carbocycles. The molecule has 7 nitrogen and oxygen atoms in total. The highest BCUT2D eigenvalue weighted by atomic mass is 16.5. The number of Topliss-reactive ketones (excluding diaryl/α,β-unsaturated/α-hetero) is 1. The van der Waals surface area contributed by atoms with E-state index in [0.29, 0.717) is 37.2 Å². The van der Waals surface area contributed by atoms with Gasteiger partial charge in [0.1, 0.15) is 5.75 Å². The Hall–Kier alpha value is -2.70. The lowest BCUT2D eigenvalue weighted by Gasteiger charge is -2.39. The molecule has 1 aromatic heterocycles. The fraction of sp³-hybridized carbons (Fsp3) is 0.500. The first-order valence-electron chi connectivity index (χ1n) is 9.51. The summed E-state index contributed by atoms with van der Waals surface area (Å²) in [6, 6.07) is 5.61. The van der Waals surface area contributed by atoms with Gasteiger partial charge in [-0.25, -0.2) is 0 Å². The average molecular weight is 367 g/mol. The number of nitrogens with zero attached hydrogens (tertiary/aromatic N) is 3. The van der Waals surface area contributed by atoms with Crippen molar-refractivity contribution in [1.82, 2.24) is 15.0 Å². The molecular weight excluding hydrogens is 346 g/mol. The van der Waals surface area contributed by atoms with E-state index in [9.17, 15) is 9.59 Å². The molecule has 1 saturated carbocycles. The number of ketones is 1. The Morgan fingerprint density at radius 3 is 2.81 bits per heavy atom. The number of hydrogen-bond donors (Lipinski definition) is 0. The number of aromatic nitrogens is 2. The standard InChI is InChI=1S/C20H21N3O4/c1-11(24)23-7-6-16(23)17(25)8-14-10-26-18-9-13(4-5-15(14)18)19-21-20(27-22-19)12-2-3-12/h4-5,9,12,14,16H,2-3,6-8,10H2,1H3/t14-,16+/m1/s1. The molecule has 0 spiro atoms. The molecule has 2 aliphatic heterocycles. The minimum absolute atomic E-state index is 0.0296. The molecule has 2 atom stereocenters. The van der Waals surface area contributed by atoms with E-state index < -0.39 is 0 Å². The Bertz CT molecular complexity index is 918. The molecule has 0 unspecified atom stereocenters. The van der Waals surface area contributed by atoms with E-state index in [1.54, 1.807) is 4.90 Å². The topological polar surface area (TPSA) is 85.5 Å². The molecule has 0 N–H and O–H groups in total. The van der Waals surface area contributed by atoms with Crippen LogP contribution in [0, 0.1) is 0 Å². The highest BCUT2D eigenvalue weighted by Gasteiger charge is 2.38. The van der Waals surface area contributed by atoms with E-state index in [4.69, 9.17) is 9.26 Å². The second-order valence-corrected chi connectivity index (χ2v) is 7.68. The summed E-state index contributed by atoms with van der Waals surface area (Å²) in [7, 11) is 0. The van der Waals surface area contributed by atoms with Gasteiger partial charge in [0, 0.05) is 42.9 Å². The van der Waals surface area contributed by atoms with E-state index in [1.165, 1.54) is 6.92 Å². The fourth-order valence-electron chi connectivity index (χ4n) is 3.91. The number of likely N-dealkylation sites (tertiary alicyclic amines) is 1. The highest BCUT2D eigenvalue weighted by molar-refractivity contribution is 5.90. The molecule has 7 heteroatoms. The largest absolute Gasteiger partial charge is 0.493 e. The van der Waals surface area contributed by atoms with Crippen molar-refractivity contribution in [1.29, 1.82) is 0 Å².